The van der Waals surface area contributed by atoms with Gasteiger partial charge in [0.2, 0.25) is 0 Å². The molecule has 0 aliphatic carbocycles. The number of anilines is 1. The summed E-state index contributed by atoms with van der Waals surface area (Å²) in [5.74, 6) is -1.04. The molecule has 2 aromatic carbocycles. The van der Waals surface area contributed by atoms with Gasteiger partial charge in [0.05, 0.1) is 5.56 Å². The summed E-state index contributed by atoms with van der Waals surface area (Å²) >= 11 is 0. The SMILES string of the molecule is O=C(Nc1ccc(C(O)(C(F)(F)F)C(F)(F)F)cc1)c1c#cc(C(F)(F)F)cc1. The molecule has 0 fully saturated rings. The van der Waals surface area contributed by atoms with Crippen molar-refractivity contribution in [3.8, 4) is 0 Å². The number of amides is 1. The summed E-state index contributed by atoms with van der Waals surface area (Å²) in [5, 5.41) is 11.3. The third-order valence-corrected chi connectivity index (χ3v) is 3.68. The molecule has 0 aromatic heterocycles. The smallest absolute Gasteiger partial charge is 0.369 e. The van der Waals surface area contributed by atoms with Crippen LogP contribution in [-0.4, -0.2) is 23.4 Å². The van der Waals surface area contributed by atoms with Gasteiger partial charge < -0.3 is 10.4 Å². The van der Waals surface area contributed by atoms with Crippen LogP contribution in [0.4, 0.5) is 45.2 Å². The van der Waals surface area contributed by atoms with E-state index in [1.807, 2.05) is 6.07 Å². The standard InChI is InChI=1S/C17H8F9NO2/c18-15(19,20)11-3-1-9(2-4-11)13(28)27-12-7-5-10(6-8-12)14(29,16(21,22)23)17(24,25)26/h1,3,5-8,29H,(H,27,28). The first-order valence-electron chi connectivity index (χ1n) is 7.36. The highest BCUT2D eigenvalue weighted by Gasteiger charge is 2.71. The molecule has 0 saturated carbocycles. The fraction of sp³-hybridized carbons (Fsp3) is 0.235. The maximum atomic E-state index is 12.8. The Morgan fingerprint density at radius 2 is 1.31 bits per heavy atom. The van der Waals surface area contributed by atoms with Gasteiger partial charge >= 0.3 is 18.5 Å². The third-order valence-electron chi connectivity index (χ3n) is 3.68. The van der Waals surface area contributed by atoms with Crippen molar-refractivity contribution in [3.63, 3.8) is 0 Å². The summed E-state index contributed by atoms with van der Waals surface area (Å²) in [6, 6.07) is 6.88. The number of alkyl halides is 9. The molecule has 0 aliphatic rings. The molecular weight excluding hydrogens is 421 g/mol. The number of aliphatic hydroxyl groups is 1. The van der Waals surface area contributed by atoms with Gasteiger partial charge in [0, 0.05) is 11.3 Å². The van der Waals surface area contributed by atoms with Crippen LogP contribution in [0, 0.1) is 12.1 Å². The molecule has 156 valence electrons. The van der Waals surface area contributed by atoms with Gasteiger partial charge in [-0.1, -0.05) is 24.3 Å². The monoisotopic (exact) mass is 429 g/mol. The number of hydrogen-bond acceptors (Lipinski definition) is 2. The molecule has 0 spiro atoms. The lowest BCUT2D eigenvalue weighted by Crippen LogP contribution is -2.53. The molecule has 0 saturated heterocycles. The van der Waals surface area contributed by atoms with Crippen LogP contribution in [0.15, 0.2) is 36.4 Å². The Labute approximate surface area is 156 Å². The highest BCUT2D eigenvalue weighted by atomic mass is 19.4. The minimum Gasteiger partial charge on any atom is -0.369 e. The van der Waals surface area contributed by atoms with Crippen LogP contribution < -0.4 is 5.32 Å². The van der Waals surface area contributed by atoms with E-state index in [1.165, 1.54) is 0 Å². The molecule has 2 N–H and O–H groups in total. The maximum Gasteiger partial charge on any atom is 0.430 e. The van der Waals surface area contributed by atoms with Crippen molar-refractivity contribution < 1.29 is 49.4 Å². The van der Waals surface area contributed by atoms with Crippen molar-refractivity contribution in [2.75, 3.05) is 5.32 Å². The lowest BCUT2D eigenvalue weighted by molar-refractivity contribution is -0.376. The van der Waals surface area contributed by atoms with Gasteiger partial charge in [-0.25, -0.2) is 0 Å². The van der Waals surface area contributed by atoms with Crippen molar-refractivity contribution in [2.45, 2.75) is 24.1 Å². The van der Waals surface area contributed by atoms with Crippen molar-refractivity contribution in [1.29, 1.82) is 0 Å². The van der Waals surface area contributed by atoms with E-state index in [0.717, 1.165) is 6.07 Å². The van der Waals surface area contributed by atoms with E-state index in [1.54, 1.807) is 6.07 Å². The van der Waals surface area contributed by atoms with E-state index < -0.39 is 46.7 Å². The van der Waals surface area contributed by atoms with E-state index in [2.05, 4.69) is 5.32 Å². The minimum atomic E-state index is -6.07. The summed E-state index contributed by atoms with van der Waals surface area (Å²) in [5.41, 5.74) is -8.55. The Hall–Kier alpha value is -2.94. The third kappa shape index (κ3) is 4.40. The van der Waals surface area contributed by atoms with Crippen LogP contribution >= 0.6 is 0 Å². The molecule has 0 unspecified atom stereocenters. The number of halogens is 9. The van der Waals surface area contributed by atoms with Crippen molar-refractivity contribution >= 4 is 11.6 Å². The molecule has 1 amide bonds. The molecule has 3 nitrogen and oxygen atoms in total. The lowest BCUT2D eigenvalue weighted by Gasteiger charge is -2.32. The lowest BCUT2D eigenvalue weighted by atomic mass is 9.92. The Kier molecular flexibility index (Phi) is 5.51. The van der Waals surface area contributed by atoms with E-state index >= 15 is 0 Å². The molecule has 12 heteroatoms. The van der Waals surface area contributed by atoms with Crippen molar-refractivity contribution in [3.05, 3.63) is 65.2 Å². The summed E-state index contributed by atoms with van der Waals surface area (Å²) in [6.07, 6.45) is -16.9. The highest BCUT2D eigenvalue weighted by molar-refractivity contribution is 6.03. The maximum absolute atomic E-state index is 12.8. The topological polar surface area (TPSA) is 49.3 Å². The Bertz CT molecular complexity index is 852. The summed E-state index contributed by atoms with van der Waals surface area (Å²) in [6.45, 7) is 0. The zero-order chi connectivity index (χ0) is 22.3. The fourth-order valence-electron chi connectivity index (χ4n) is 2.16. The second kappa shape index (κ2) is 7.14. The number of rotatable bonds is 3. The summed E-state index contributed by atoms with van der Waals surface area (Å²) < 4.78 is 114. The second-order valence-electron chi connectivity index (χ2n) is 5.65. The van der Waals surface area contributed by atoms with E-state index in [0.29, 0.717) is 30.3 Å². The fourth-order valence-corrected chi connectivity index (χ4v) is 2.16. The van der Waals surface area contributed by atoms with Crippen LogP contribution in [0.25, 0.3) is 0 Å². The average molecular weight is 429 g/mol. The number of benzene rings is 1. The Morgan fingerprint density at radius 1 is 0.793 bits per heavy atom. The van der Waals surface area contributed by atoms with Crippen molar-refractivity contribution in [2.24, 2.45) is 0 Å². The molecule has 0 bridgehead atoms. The predicted molar refractivity (Wildman–Crippen MR) is 79.5 cm³/mol. The molecule has 0 atom stereocenters. The van der Waals surface area contributed by atoms with Gasteiger partial charge in [-0.3, -0.25) is 4.79 Å². The van der Waals surface area contributed by atoms with Crippen LogP contribution in [0.3, 0.4) is 0 Å². The van der Waals surface area contributed by atoms with E-state index in [-0.39, 0.29) is 5.69 Å². The van der Waals surface area contributed by atoms with Gasteiger partial charge in [-0.05, 0) is 24.3 Å². The molecule has 0 aliphatic heterocycles. The quantitative estimate of drug-likeness (QED) is 0.685. The number of carbonyl (C=O) groups excluding carboxylic acids is 1. The number of carbonyl (C=O) groups is 1. The van der Waals surface area contributed by atoms with Gasteiger partial charge in [0.25, 0.3) is 11.5 Å². The van der Waals surface area contributed by atoms with Crippen LogP contribution in [0.1, 0.15) is 21.5 Å². The van der Waals surface area contributed by atoms with Gasteiger partial charge in [-0.2, -0.15) is 39.5 Å². The normalized spacial score (nSPS) is 13.0. The molecule has 2 aromatic rings. The van der Waals surface area contributed by atoms with Crippen molar-refractivity contribution in [1.82, 2.24) is 0 Å². The Morgan fingerprint density at radius 3 is 1.69 bits per heavy atom. The van der Waals surface area contributed by atoms with Gasteiger partial charge in [-0.15, -0.1) is 0 Å². The van der Waals surface area contributed by atoms with E-state index in [9.17, 15) is 49.4 Å². The van der Waals surface area contributed by atoms with Gasteiger partial charge in [0.1, 0.15) is 5.56 Å². The highest BCUT2D eigenvalue weighted by Crippen LogP contribution is 2.50. The largest absolute Gasteiger partial charge is 0.430 e. The molecule has 0 radical (unpaired) electrons. The molecular formula is C17H8F9NO2. The van der Waals surface area contributed by atoms with Gasteiger partial charge in [0.15, 0.2) is 0 Å². The molecule has 0 heterocycles. The zero-order valence-corrected chi connectivity index (χ0v) is 13.7. The van der Waals surface area contributed by atoms with Crippen LogP contribution in [0.2, 0.25) is 0 Å². The first-order chi connectivity index (χ1) is 13.1. The van der Waals surface area contributed by atoms with Crippen LogP contribution in [-0.2, 0) is 11.8 Å². The number of nitrogens with one attached hydrogen (secondary N) is 1. The minimum absolute atomic E-state index is 0.279. The zero-order valence-electron chi connectivity index (χ0n) is 13.7. The molecule has 29 heavy (non-hydrogen) atoms. The van der Waals surface area contributed by atoms with Crippen LogP contribution in [0.5, 0.6) is 0 Å². The van der Waals surface area contributed by atoms with E-state index in [4.69, 9.17) is 0 Å². The first kappa shape index (κ1) is 22.4. The Balaban J connectivity index is 2.23. The summed E-state index contributed by atoms with van der Waals surface area (Å²) in [7, 11) is 0. The number of hydrogen-bond donors (Lipinski definition) is 2. The predicted octanol–water partition coefficient (Wildman–Crippen LogP) is 4.87. The second-order valence-corrected chi connectivity index (χ2v) is 5.65. The average Bonchev–Trinajstić information content (AvgIpc) is 2.59. The molecule has 2 rings (SSSR count). The first-order valence-corrected chi connectivity index (χ1v) is 7.36. The summed E-state index contributed by atoms with van der Waals surface area (Å²) in [4.78, 5) is 11.9.